The second-order valence-corrected chi connectivity index (χ2v) is 5.42. The number of H-pyrrole nitrogens is 1. The van der Waals surface area contributed by atoms with Gasteiger partial charge in [-0.1, -0.05) is 17.7 Å². The molecule has 0 saturated heterocycles. The summed E-state index contributed by atoms with van der Waals surface area (Å²) in [7, 11) is 0. The fourth-order valence-electron chi connectivity index (χ4n) is 2.19. The van der Waals surface area contributed by atoms with Gasteiger partial charge < -0.3 is 15.6 Å². The molecule has 0 atom stereocenters. The van der Waals surface area contributed by atoms with Gasteiger partial charge in [-0.3, -0.25) is 0 Å². The van der Waals surface area contributed by atoms with Gasteiger partial charge in [0.05, 0.1) is 11.0 Å². The lowest BCUT2D eigenvalue weighted by atomic mass is 10.3. The first kappa shape index (κ1) is 15.3. The number of hydrogen-bond acceptors (Lipinski definition) is 2. The summed E-state index contributed by atoms with van der Waals surface area (Å²) >= 11 is 5.85. The van der Waals surface area contributed by atoms with E-state index in [1.54, 1.807) is 30.3 Å². The van der Waals surface area contributed by atoms with E-state index >= 15 is 0 Å². The topological polar surface area (TPSA) is 69.8 Å². The summed E-state index contributed by atoms with van der Waals surface area (Å²) in [6.07, 6.45) is 0.513. The molecule has 0 fully saturated rings. The van der Waals surface area contributed by atoms with E-state index in [4.69, 9.17) is 11.6 Å². The number of benzene rings is 2. The molecular formula is C16H14ClFN4O. The Morgan fingerprint density at radius 1 is 1.26 bits per heavy atom. The molecule has 0 radical (unpaired) electrons. The highest BCUT2D eigenvalue weighted by atomic mass is 35.5. The molecule has 0 unspecified atom stereocenters. The number of fused-ring (bicyclic) bond motifs is 1. The van der Waals surface area contributed by atoms with Crippen LogP contribution in [-0.2, 0) is 6.42 Å². The number of anilines is 1. The van der Waals surface area contributed by atoms with Gasteiger partial charge in [0.1, 0.15) is 11.6 Å². The summed E-state index contributed by atoms with van der Waals surface area (Å²) < 4.78 is 13.1. The van der Waals surface area contributed by atoms with Crippen LogP contribution in [0.15, 0.2) is 42.5 Å². The normalized spacial score (nSPS) is 10.7. The van der Waals surface area contributed by atoms with Crippen LogP contribution in [0, 0.1) is 5.82 Å². The van der Waals surface area contributed by atoms with Crippen molar-refractivity contribution in [2.45, 2.75) is 6.42 Å². The van der Waals surface area contributed by atoms with Crippen molar-refractivity contribution >= 4 is 34.4 Å². The molecular weight excluding hydrogens is 319 g/mol. The smallest absolute Gasteiger partial charge is 0.319 e. The lowest BCUT2D eigenvalue weighted by Crippen LogP contribution is -2.30. The average Bonchev–Trinajstić information content (AvgIpc) is 2.89. The van der Waals surface area contributed by atoms with Crippen molar-refractivity contribution in [2.75, 3.05) is 11.9 Å². The Labute approximate surface area is 136 Å². The molecule has 23 heavy (non-hydrogen) atoms. The molecule has 2 amide bonds. The van der Waals surface area contributed by atoms with Crippen molar-refractivity contribution in [3.05, 3.63) is 59.1 Å². The molecule has 0 aliphatic heterocycles. The van der Waals surface area contributed by atoms with Crippen LogP contribution in [0.25, 0.3) is 11.0 Å². The zero-order valence-electron chi connectivity index (χ0n) is 12.1. The van der Waals surface area contributed by atoms with Crippen molar-refractivity contribution < 1.29 is 9.18 Å². The predicted molar refractivity (Wildman–Crippen MR) is 88.2 cm³/mol. The molecule has 1 aromatic heterocycles. The van der Waals surface area contributed by atoms with Crippen molar-refractivity contribution in [3.8, 4) is 0 Å². The van der Waals surface area contributed by atoms with Crippen LogP contribution in [0.1, 0.15) is 5.82 Å². The van der Waals surface area contributed by atoms with Crippen LogP contribution in [0.4, 0.5) is 14.9 Å². The van der Waals surface area contributed by atoms with E-state index in [0.29, 0.717) is 40.5 Å². The minimum absolute atomic E-state index is 0.313. The van der Waals surface area contributed by atoms with Gasteiger partial charge in [0.25, 0.3) is 0 Å². The maximum atomic E-state index is 13.1. The van der Waals surface area contributed by atoms with Crippen molar-refractivity contribution in [1.29, 1.82) is 0 Å². The highest BCUT2D eigenvalue weighted by Gasteiger charge is 2.05. The zero-order chi connectivity index (χ0) is 16.2. The number of urea groups is 1. The third kappa shape index (κ3) is 3.98. The predicted octanol–water partition coefficient (Wildman–Crippen LogP) is 3.72. The van der Waals surface area contributed by atoms with Gasteiger partial charge in [0.2, 0.25) is 0 Å². The van der Waals surface area contributed by atoms with Crippen LogP contribution in [-0.4, -0.2) is 22.5 Å². The number of nitrogens with zero attached hydrogens (tertiary/aromatic N) is 1. The van der Waals surface area contributed by atoms with E-state index in [0.717, 1.165) is 0 Å². The Morgan fingerprint density at radius 2 is 2.13 bits per heavy atom. The molecule has 0 aliphatic carbocycles. The van der Waals surface area contributed by atoms with Gasteiger partial charge in [-0.2, -0.15) is 0 Å². The van der Waals surface area contributed by atoms with Gasteiger partial charge in [-0.05, 0) is 36.4 Å². The minimum atomic E-state index is -0.325. The minimum Gasteiger partial charge on any atom is -0.342 e. The fraction of sp³-hybridized carbons (Fsp3) is 0.125. The van der Waals surface area contributed by atoms with Gasteiger partial charge in [-0.25, -0.2) is 14.2 Å². The first-order valence-electron chi connectivity index (χ1n) is 7.05. The largest absolute Gasteiger partial charge is 0.342 e. The Balaban J connectivity index is 1.52. The first-order chi connectivity index (χ1) is 11.1. The first-order valence-corrected chi connectivity index (χ1v) is 7.42. The number of carbonyl (C=O) groups is 1. The second kappa shape index (κ2) is 6.66. The van der Waals surface area contributed by atoms with Crippen molar-refractivity contribution in [3.63, 3.8) is 0 Å². The molecule has 0 spiro atoms. The number of halogens is 2. The Hall–Kier alpha value is -2.60. The number of aromatic amines is 1. The number of nitrogens with one attached hydrogen (secondary N) is 3. The van der Waals surface area contributed by atoms with Crippen molar-refractivity contribution in [2.24, 2.45) is 0 Å². The van der Waals surface area contributed by atoms with E-state index in [-0.39, 0.29) is 11.8 Å². The van der Waals surface area contributed by atoms with Gasteiger partial charge in [0.15, 0.2) is 0 Å². The quantitative estimate of drug-likeness (QED) is 0.681. The molecule has 3 aromatic rings. The standard InChI is InChI=1S/C16H14ClFN4O/c17-10-2-1-3-12(8-10)20-16(23)19-7-6-15-21-13-5-4-11(18)9-14(13)22-15/h1-5,8-9H,6-7H2,(H,21,22)(H2,19,20,23). The monoisotopic (exact) mass is 332 g/mol. The number of rotatable bonds is 4. The maximum absolute atomic E-state index is 13.1. The number of carbonyl (C=O) groups excluding carboxylic acids is 1. The fourth-order valence-corrected chi connectivity index (χ4v) is 2.38. The summed E-state index contributed by atoms with van der Waals surface area (Å²) in [6, 6.07) is 10.9. The third-order valence-corrected chi connectivity index (χ3v) is 3.46. The van der Waals surface area contributed by atoms with E-state index in [1.165, 1.54) is 12.1 Å². The summed E-state index contributed by atoms with van der Waals surface area (Å²) in [5.74, 6) is 0.375. The number of imidazole rings is 1. The number of hydrogen-bond donors (Lipinski definition) is 3. The van der Waals surface area contributed by atoms with E-state index in [2.05, 4.69) is 20.6 Å². The molecule has 0 aliphatic rings. The van der Waals surface area contributed by atoms with E-state index in [1.807, 2.05) is 0 Å². The van der Waals surface area contributed by atoms with Crippen LogP contribution < -0.4 is 10.6 Å². The molecule has 1 heterocycles. The highest BCUT2D eigenvalue weighted by Crippen LogP contribution is 2.15. The maximum Gasteiger partial charge on any atom is 0.319 e. The average molecular weight is 333 g/mol. The van der Waals surface area contributed by atoms with Crippen LogP contribution in [0.5, 0.6) is 0 Å². The SMILES string of the molecule is O=C(NCCc1nc2ccc(F)cc2[nH]1)Nc1cccc(Cl)c1. The molecule has 3 rings (SSSR count). The third-order valence-electron chi connectivity index (χ3n) is 3.22. The molecule has 3 N–H and O–H groups in total. The Bertz CT molecular complexity index is 849. The molecule has 118 valence electrons. The van der Waals surface area contributed by atoms with Gasteiger partial charge in [0, 0.05) is 23.7 Å². The zero-order valence-corrected chi connectivity index (χ0v) is 12.8. The Kier molecular flexibility index (Phi) is 4.43. The molecule has 0 bridgehead atoms. The summed E-state index contributed by atoms with van der Waals surface area (Å²) in [5, 5.41) is 5.97. The summed E-state index contributed by atoms with van der Waals surface area (Å²) in [4.78, 5) is 19.1. The van der Waals surface area contributed by atoms with Crippen LogP contribution in [0.2, 0.25) is 5.02 Å². The van der Waals surface area contributed by atoms with Crippen LogP contribution >= 0.6 is 11.6 Å². The lowest BCUT2D eigenvalue weighted by molar-refractivity contribution is 0.252. The van der Waals surface area contributed by atoms with Crippen LogP contribution in [0.3, 0.4) is 0 Å². The summed E-state index contributed by atoms with van der Waals surface area (Å²) in [5.41, 5.74) is 1.96. The molecule has 7 heteroatoms. The van der Waals surface area contributed by atoms with Gasteiger partial charge in [-0.15, -0.1) is 0 Å². The molecule has 5 nitrogen and oxygen atoms in total. The van der Waals surface area contributed by atoms with E-state index < -0.39 is 0 Å². The highest BCUT2D eigenvalue weighted by molar-refractivity contribution is 6.30. The lowest BCUT2D eigenvalue weighted by Gasteiger charge is -2.07. The van der Waals surface area contributed by atoms with E-state index in [9.17, 15) is 9.18 Å². The van der Waals surface area contributed by atoms with Crippen molar-refractivity contribution in [1.82, 2.24) is 15.3 Å². The molecule has 2 aromatic carbocycles. The summed E-state index contributed by atoms with van der Waals surface area (Å²) in [6.45, 7) is 0.398. The molecule has 0 saturated carbocycles. The number of amides is 2. The van der Waals surface area contributed by atoms with Gasteiger partial charge >= 0.3 is 6.03 Å². The Morgan fingerprint density at radius 3 is 2.96 bits per heavy atom. The second-order valence-electron chi connectivity index (χ2n) is 4.99. The number of aromatic nitrogens is 2.